The lowest BCUT2D eigenvalue weighted by molar-refractivity contribution is -0.0539. The van der Waals surface area contributed by atoms with E-state index in [-0.39, 0.29) is 5.82 Å². The third kappa shape index (κ3) is 4.79. The topological polar surface area (TPSA) is 214 Å². The highest BCUT2D eigenvalue weighted by Gasteiger charge is 2.46. The zero-order chi connectivity index (χ0) is 18.8. The first-order valence-electron chi connectivity index (χ1n) is 6.46. The van der Waals surface area contributed by atoms with Crippen LogP contribution in [0, 0.1) is 5.53 Å². The average Bonchev–Trinajstić information content (AvgIpc) is 2.80. The van der Waals surface area contributed by atoms with Crippen LogP contribution >= 0.6 is 16.1 Å². The monoisotopic (exact) mass is 399 g/mol. The molecule has 25 heavy (non-hydrogen) atoms. The maximum atomic E-state index is 11.8. The molecule has 1 aliphatic rings. The van der Waals surface area contributed by atoms with Gasteiger partial charge in [0.25, 0.3) is 0 Å². The SMILES string of the molecule is N=Nc1ccn([C@@H]2O[C@H](COP(=O)(O)O[P+](=O)O)[C@@H](O)[C@H]2O)c(=O)n1. The zero-order valence-corrected chi connectivity index (χ0v) is 13.9. The van der Waals surface area contributed by atoms with Crippen molar-refractivity contribution in [3.05, 3.63) is 22.7 Å². The van der Waals surface area contributed by atoms with Crippen molar-refractivity contribution in [2.24, 2.45) is 5.11 Å². The molecule has 138 valence electrons. The fourth-order valence-electron chi connectivity index (χ4n) is 2.04. The summed E-state index contributed by atoms with van der Waals surface area (Å²) in [4.78, 5) is 32.8. The van der Waals surface area contributed by atoms with Gasteiger partial charge in [0.2, 0.25) is 0 Å². The summed E-state index contributed by atoms with van der Waals surface area (Å²) in [5, 5.41) is 22.8. The molecular weight excluding hydrogens is 386 g/mol. The van der Waals surface area contributed by atoms with E-state index < -0.39 is 52.9 Å². The molecule has 1 aromatic rings. The lowest BCUT2D eigenvalue weighted by atomic mass is 10.1. The van der Waals surface area contributed by atoms with Gasteiger partial charge in [-0.15, -0.1) is 10.0 Å². The highest BCUT2D eigenvalue weighted by molar-refractivity contribution is 7.55. The quantitative estimate of drug-likeness (QED) is 0.286. The van der Waals surface area contributed by atoms with Crippen LogP contribution in [0.2, 0.25) is 0 Å². The number of hydrogen-bond donors (Lipinski definition) is 5. The maximum Gasteiger partial charge on any atom is 0.705 e. The molecule has 0 bridgehead atoms. The maximum absolute atomic E-state index is 11.8. The average molecular weight is 399 g/mol. The van der Waals surface area contributed by atoms with Crippen molar-refractivity contribution in [3.63, 3.8) is 0 Å². The summed E-state index contributed by atoms with van der Waals surface area (Å²) in [5.41, 5.74) is 5.85. The lowest BCUT2D eigenvalue weighted by Gasteiger charge is -2.16. The summed E-state index contributed by atoms with van der Waals surface area (Å²) in [6.45, 7) is -0.784. The van der Waals surface area contributed by atoms with E-state index in [2.05, 4.69) is 18.9 Å². The predicted molar refractivity (Wildman–Crippen MR) is 75.9 cm³/mol. The third-order valence-electron chi connectivity index (χ3n) is 3.12. The summed E-state index contributed by atoms with van der Waals surface area (Å²) in [5.74, 6) is -0.175. The molecule has 0 saturated carbocycles. The van der Waals surface area contributed by atoms with Crippen molar-refractivity contribution in [1.82, 2.24) is 9.55 Å². The van der Waals surface area contributed by atoms with Gasteiger partial charge in [-0.3, -0.25) is 14.0 Å². The van der Waals surface area contributed by atoms with Crippen molar-refractivity contribution in [2.75, 3.05) is 6.61 Å². The highest BCUT2D eigenvalue weighted by Crippen LogP contribution is 2.51. The Morgan fingerprint density at radius 3 is 2.72 bits per heavy atom. The number of aliphatic hydroxyl groups excluding tert-OH is 2. The molecule has 14 nitrogen and oxygen atoms in total. The van der Waals surface area contributed by atoms with Crippen molar-refractivity contribution in [3.8, 4) is 0 Å². The molecule has 2 heterocycles. The standard InChI is InChI=1S/C9H12N4O10P2/c10-12-5-1-2-13(9(16)11-5)8-7(15)6(14)4(22-8)3-21-25(19,20)23-24(17)18/h1-2,4,6-8,10,14-15H,3H2,(H-,17,18,19,20)/p+1/t4-,6-,7-,8-/m1/s1. The number of aliphatic hydroxyl groups is 2. The summed E-state index contributed by atoms with van der Waals surface area (Å²) in [6, 6.07) is 1.19. The molecule has 0 amide bonds. The molecule has 0 aromatic carbocycles. The highest BCUT2D eigenvalue weighted by atomic mass is 31.2. The normalized spacial score (nSPS) is 29.2. The van der Waals surface area contributed by atoms with Crippen LogP contribution in [0.4, 0.5) is 5.82 Å². The van der Waals surface area contributed by atoms with E-state index in [4.69, 9.17) is 20.1 Å². The molecule has 1 fully saturated rings. The molecule has 5 N–H and O–H groups in total. The van der Waals surface area contributed by atoms with Gasteiger partial charge in [0, 0.05) is 16.8 Å². The van der Waals surface area contributed by atoms with Crippen LogP contribution in [-0.4, -0.2) is 54.5 Å². The second-order valence-electron chi connectivity index (χ2n) is 4.72. The van der Waals surface area contributed by atoms with Gasteiger partial charge in [0.1, 0.15) is 18.3 Å². The summed E-state index contributed by atoms with van der Waals surface area (Å²) in [7, 11) is -8.28. The van der Waals surface area contributed by atoms with Gasteiger partial charge in [-0.25, -0.2) is 14.9 Å². The first-order valence-corrected chi connectivity index (χ1v) is 9.08. The first kappa shape index (κ1) is 19.8. The molecule has 2 rings (SSSR count). The molecule has 6 atom stereocenters. The van der Waals surface area contributed by atoms with E-state index >= 15 is 0 Å². The molecular formula is C9H13N4O10P2+. The van der Waals surface area contributed by atoms with E-state index in [0.29, 0.717) is 0 Å². The minimum Gasteiger partial charge on any atom is -0.387 e. The number of hydrogen-bond acceptors (Lipinski definition) is 11. The Kier molecular flexibility index (Phi) is 6.21. The van der Waals surface area contributed by atoms with Crippen molar-refractivity contribution >= 4 is 21.9 Å². The summed E-state index contributed by atoms with van der Waals surface area (Å²) < 4.78 is 35.9. The predicted octanol–water partition coefficient (Wildman–Crippen LogP) is -0.692. The fraction of sp³-hybridized carbons (Fsp3) is 0.556. The van der Waals surface area contributed by atoms with Gasteiger partial charge in [0.05, 0.1) is 6.61 Å². The van der Waals surface area contributed by atoms with E-state index in [0.717, 1.165) is 10.8 Å². The largest absolute Gasteiger partial charge is 0.705 e. The van der Waals surface area contributed by atoms with Gasteiger partial charge in [-0.1, -0.05) is 0 Å². The van der Waals surface area contributed by atoms with E-state index in [1.165, 1.54) is 6.07 Å². The van der Waals surface area contributed by atoms with Crippen LogP contribution in [0.1, 0.15) is 6.23 Å². The Morgan fingerprint density at radius 2 is 2.16 bits per heavy atom. The molecule has 1 aromatic heterocycles. The van der Waals surface area contributed by atoms with Crippen molar-refractivity contribution in [2.45, 2.75) is 24.5 Å². The Morgan fingerprint density at radius 1 is 1.48 bits per heavy atom. The molecule has 1 saturated heterocycles. The summed E-state index contributed by atoms with van der Waals surface area (Å²) >= 11 is 0. The third-order valence-corrected chi connectivity index (χ3v) is 4.98. The fourth-order valence-corrected chi connectivity index (χ4v) is 3.27. The van der Waals surface area contributed by atoms with E-state index in [1.807, 2.05) is 0 Å². The number of phosphoric acid groups is 1. The lowest BCUT2D eigenvalue weighted by Crippen LogP contribution is -2.36. The van der Waals surface area contributed by atoms with Crippen LogP contribution in [-0.2, 0) is 22.7 Å². The second-order valence-corrected chi connectivity index (χ2v) is 7.04. The number of rotatable bonds is 7. The first-order chi connectivity index (χ1) is 11.6. The van der Waals surface area contributed by atoms with Crippen molar-refractivity contribution < 1.29 is 42.7 Å². The van der Waals surface area contributed by atoms with Crippen LogP contribution in [0.15, 0.2) is 22.2 Å². The van der Waals surface area contributed by atoms with Gasteiger partial charge in [-0.05, 0) is 4.31 Å². The molecule has 0 aliphatic carbocycles. The molecule has 1 aliphatic heterocycles. The van der Waals surface area contributed by atoms with Crippen LogP contribution < -0.4 is 5.69 Å². The van der Waals surface area contributed by atoms with Gasteiger partial charge in [0.15, 0.2) is 12.0 Å². The van der Waals surface area contributed by atoms with Gasteiger partial charge >= 0.3 is 21.8 Å². The Bertz CT molecular complexity index is 771. The second kappa shape index (κ2) is 7.83. The van der Waals surface area contributed by atoms with Crippen LogP contribution in [0.25, 0.3) is 0 Å². The number of nitrogens with one attached hydrogen (secondary N) is 1. The molecule has 0 radical (unpaired) electrons. The number of nitrogens with zero attached hydrogens (tertiary/aromatic N) is 3. The Hall–Kier alpha value is -1.47. The smallest absolute Gasteiger partial charge is 0.387 e. The van der Waals surface area contributed by atoms with Crippen LogP contribution in [0.3, 0.4) is 0 Å². The van der Waals surface area contributed by atoms with E-state index in [1.54, 1.807) is 0 Å². The number of aromatic nitrogens is 2. The Labute approximate surface area is 139 Å². The number of ether oxygens (including phenoxy) is 1. The van der Waals surface area contributed by atoms with Crippen molar-refractivity contribution in [1.29, 1.82) is 5.53 Å². The molecule has 16 heteroatoms. The zero-order valence-electron chi connectivity index (χ0n) is 12.1. The van der Waals surface area contributed by atoms with Gasteiger partial charge in [-0.2, -0.15) is 4.98 Å². The summed E-state index contributed by atoms with van der Waals surface area (Å²) in [6.07, 6.45) is -4.84. The minimum absolute atomic E-state index is 0.175. The Balaban J connectivity index is 2.10. The van der Waals surface area contributed by atoms with E-state index in [9.17, 15) is 24.1 Å². The minimum atomic E-state index is -4.88. The molecule has 0 spiro atoms. The number of phosphoric ester groups is 1. The molecule has 2 unspecified atom stereocenters. The van der Waals surface area contributed by atoms with Gasteiger partial charge < -0.3 is 14.9 Å². The van der Waals surface area contributed by atoms with Crippen LogP contribution in [0.5, 0.6) is 0 Å².